The highest BCUT2D eigenvalue weighted by molar-refractivity contribution is 7.72. The van der Waals surface area contributed by atoms with Gasteiger partial charge in [0.05, 0.1) is 10.6 Å². The van der Waals surface area contributed by atoms with E-state index in [0.717, 1.165) is 40.8 Å². The van der Waals surface area contributed by atoms with Gasteiger partial charge in [0.2, 0.25) is 0 Å². The van der Waals surface area contributed by atoms with Crippen molar-refractivity contribution in [3.05, 3.63) is 82.2 Å². The number of benzene rings is 3. The van der Waals surface area contributed by atoms with Gasteiger partial charge in [-0.1, -0.05) is 31.5 Å². The molecule has 37 heavy (non-hydrogen) atoms. The Morgan fingerprint density at radius 3 is 2.46 bits per heavy atom. The van der Waals surface area contributed by atoms with Crippen LogP contribution in [-0.2, 0) is 16.1 Å². The summed E-state index contributed by atoms with van der Waals surface area (Å²) in [5.41, 5.74) is 2.06. The molecule has 0 atom stereocenters. The summed E-state index contributed by atoms with van der Waals surface area (Å²) < 4.78 is 29.7. The van der Waals surface area contributed by atoms with Gasteiger partial charge < -0.3 is 15.0 Å². The number of hydrogen-bond donors (Lipinski definition) is 2. The largest absolute Gasteiger partial charge is 0.457 e. The Labute approximate surface area is 226 Å². The first-order valence-corrected chi connectivity index (χ1v) is 14.5. The molecule has 0 saturated carbocycles. The Balaban J connectivity index is 1.39. The number of hydrogen-bond acceptors (Lipinski definition) is 6. The number of halogens is 1. The minimum Gasteiger partial charge on any atom is -0.457 e. The lowest BCUT2D eigenvalue weighted by Crippen LogP contribution is -2.37. The molecular weight excluding hydrogens is 528 g/mol. The van der Waals surface area contributed by atoms with Crippen LogP contribution in [0.4, 0.5) is 11.4 Å². The summed E-state index contributed by atoms with van der Waals surface area (Å²) in [5.74, 6) is 1.15. The number of thiol groups is 1. The van der Waals surface area contributed by atoms with Gasteiger partial charge >= 0.3 is 0 Å². The summed E-state index contributed by atoms with van der Waals surface area (Å²) in [4.78, 5) is 16.0. The summed E-state index contributed by atoms with van der Waals surface area (Å²) in [7, 11) is -2.50. The topological polar surface area (TPSA) is 75.7 Å². The van der Waals surface area contributed by atoms with Crippen molar-refractivity contribution in [3.63, 3.8) is 0 Å². The van der Waals surface area contributed by atoms with Crippen LogP contribution in [0.2, 0.25) is 5.02 Å². The number of nitrogens with zero attached hydrogens (tertiary/aromatic N) is 1. The molecule has 9 heteroatoms. The average molecular weight is 555 g/mol. The van der Waals surface area contributed by atoms with E-state index in [1.165, 1.54) is 11.3 Å². The number of amides is 1. The zero-order valence-electron chi connectivity index (χ0n) is 20.5. The van der Waals surface area contributed by atoms with E-state index in [1.807, 2.05) is 56.3 Å². The highest BCUT2D eigenvalue weighted by Crippen LogP contribution is 2.35. The fourth-order valence-electron chi connectivity index (χ4n) is 4.29. The van der Waals surface area contributed by atoms with E-state index in [9.17, 15) is 13.2 Å². The second kappa shape index (κ2) is 10.4. The van der Waals surface area contributed by atoms with Crippen molar-refractivity contribution in [2.75, 3.05) is 29.1 Å². The fraction of sp³-hybridized carbons (Fsp3) is 0.250. The number of nitrogens with one attached hydrogen (secondary N) is 1. The van der Waals surface area contributed by atoms with Crippen LogP contribution in [0.25, 0.3) is 10.1 Å². The summed E-state index contributed by atoms with van der Waals surface area (Å²) in [6.45, 7) is 5.75. The van der Waals surface area contributed by atoms with Crippen molar-refractivity contribution >= 4 is 61.0 Å². The highest BCUT2D eigenvalue weighted by Gasteiger charge is 2.23. The van der Waals surface area contributed by atoms with Gasteiger partial charge in [-0.15, -0.1) is 11.3 Å². The minimum atomic E-state index is -2.50. The Morgan fingerprint density at radius 2 is 1.78 bits per heavy atom. The summed E-state index contributed by atoms with van der Waals surface area (Å²) in [6, 6.07) is 20.6. The van der Waals surface area contributed by atoms with Crippen molar-refractivity contribution in [3.8, 4) is 11.5 Å². The Kier molecular flexibility index (Phi) is 7.16. The molecule has 2 heterocycles. The van der Waals surface area contributed by atoms with Crippen LogP contribution in [0.15, 0.2) is 66.7 Å². The molecule has 6 nitrogen and oxygen atoms in total. The maximum absolute atomic E-state index is 13.2. The van der Waals surface area contributed by atoms with E-state index < -0.39 is 16.1 Å². The molecule has 4 aromatic rings. The van der Waals surface area contributed by atoms with Crippen LogP contribution in [0.3, 0.4) is 0 Å². The molecule has 1 aliphatic rings. The maximum atomic E-state index is 13.2. The fourth-order valence-corrected chi connectivity index (χ4v) is 6.19. The summed E-state index contributed by atoms with van der Waals surface area (Å²) in [6.07, 6.45) is 1.13. The van der Waals surface area contributed by atoms with E-state index >= 15 is 0 Å². The predicted octanol–water partition coefficient (Wildman–Crippen LogP) is 6.70. The third-order valence-electron chi connectivity index (χ3n) is 6.47. The molecular formula is C28H27ClN2O4S2. The number of anilines is 2. The third-order valence-corrected chi connectivity index (χ3v) is 8.88. The Morgan fingerprint density at radius 1 is 1.03 bits per heavy atom. The van der Waals surface area contributed by atoms with E-state index in [2.05, 4.69) is 10.2 Å². The molecule has 0 spiro atoms. The lowest BCUT2D eigenvalue weighted by molar-refractivity contribution is 0.103. The molecule has 1 aromatic heterocycles. The van der Waals surface area contributed by atoms with Crippen LogP contribution in [0.1, 0.15) is 35.5 Å². The molecule has 192 valence electrons. The lowest BCUT2D eigenvalue weighted by atomic mass is 9.86. The Hall–Kier alpha value is -3.07. The van der Waals surface area contributed by atoms with Crippen molar-refractivity contribution in [2.45, 2.75) is 25.7 Å². The van der Waals surface area contributed by atoms with Crippen molar-refractivity contribution in [1.82, 2.24) is 0 Å². The third kappa shape index (κ3) is 5.92. The second-order valence-corrected chi connectivity index (χ2v) is 12.3. The van der Waals surface area contributed by atoms with Gasteiger partial charge in [0.1, 0.15) is 22.2 Å². The smallest absolute Gasteiger partial charge is 0.265 e. The van der Waals surface area contributed by atoms with Gasteiger partial charge in [-0.05, 0) is 65.9 Å². The average Bonchev–Trinajstić information content (AvgIpc) is 3.22. The monoisotopic (exact) mass is 554 g/mol. The first-order valence-electron chi connectivity index (χ1n) is 12.0. The predicted molar refractivity (Wildman–Crippen MR) is 153 cm³/mol. The number of rotatable bonds is 8. The minimum absolute atomic E-state index is 0.0686. The van der Waals surface area contributed by atoms with Crippen LogP contribution >= 0.6 is 22.9 Å². The highest BCUT2D eigenvalue weighted by atomic mass is 35.5. The number of thiophene rings is 1. The number of carbonyl (C=O) groups excluding carboxylic acids is 1. The molecule has 1 aliphatic heterocycles. The van der Waals surface area contributed by atoms with Gasteiger partial charge in [0.15, 0.2) is 0 Å². The molecule has 0 aliphatic carbocycles. The maximum Gasteiger partial charge on any atom is 0.265 e. The summed E-state index contributed by atoms with van der Waals surface area (Å²) >= 11 is 7.40. The zero-order chi connectivity index (χ0) is 26.2. The Bertz CT molecular complexity index is 1530. The molecule has 1 amide bonds. The van der Waals surface area contributed by atoms with Crippen molar-refractivity contribution < 1.29 is 17.9 Å². The van der Waals surface area contributed by atoms with Gasteiger partial charge in [-0.3, -0.25) is 4.79 Å². The number of fused-ring (bicyclic) bond motifs is 1. The van der Waals surface area contributed by atoms with Gasteiger partial charge in [0, 0.05) is 51.7 Å². The molecule has 0 bridgehead atoms. The molecule has 0 unspecified atom stereocenters. The molecule has 1 N–H and O–H groups in total. The number of ether oxygens (including phenoxy) is 1. The SMILES string of the molecule is CC(C)(C[SH](=O)=O)c1ccc2sc(C(=O)Nc3cc(Oc4ccc(Cl)cc4)cc(N4CCC4)c3)cc2c1. The quantitative estimate of drug-likeness (QED) is 0.237. The standard InChI is InChI=1S/C28H27ClN2O4S2/c1-28(2,17-37(33)34)19-4-9-25-18(12-19)13-26(36-25)27(32)30-21-14-22(31-10-3-11-31)16-24(15-21)35-23-7-5-20(29)6-8-23/h4-9,12-16,37H,3,10-11,17H2,1-2H3,(H,30,32). The van der Waals surface area contributed by atoms with E-state index in [1.54, 1.807) is 24.3 Å². The van der Waals surface area contributed by atoms with Crippen molar-refractivity contribution in [2.24, 2.45) is 0 Å². The first-order chi connectivity index (χ1) is 17.7. The van der Waals surface area contributed by atoms with Crippen LogP contribution in [-0.4, -0.2) is 33.2 Å². The normalized spacial score (nSPS) is 13.6. The van der Waals surface area contributed by atoms with Crippen LogP contribution in [0.5, 0.6) is 11.5 Å². The van der Waals surface area contributed by atoms with Crippen molar-refractivity contribution in [1.29, 1.82) is 0 Å². The van der Waals surface area contributed by atoms with E-state index in [-0.39, 0.29) is 11.7 Å². The molecule has 3 aromatic carbocycles. The molecule has 5 rings (SSSR count). The van der Waals surface area contributed by atoms with E-state index in [4.69, 9.17) is 16.3 Å². The van der Waals surface area contributed by atoms with Gasteiger partial charge in [-0.25, -0.2) is 8.42 Å². The summed E-state index contributed by atoms with van der Waals surface area (Å²) in [5, 5.41) is 4.59. The van der Waals surface area contributed by atoms with Crippen LogP contribution in [0, 0.1) is 0 Å². The van der Waals surface area contributed by atoms with E-state index in [0.29, 0.717) is 27.1 Å². The van der Waals surface area contributed by atoms with Crippen LogP contribution < -0.4 is 15.0 Å². The zero-order valence-corrected chi connectivity index (χ0v) is 23.0. The molecule has 1 saturated heterocycles. The van der Waals surface area contributed by atoms with Gasteiger partial charge in [-0.2, -0.15) is 0 Å². The lowest BCUT2D eigenvalue weighted by Gasteiger charge is -2.33. The number of carbonyl (C=O) groups is 1. The van der Waals surface area contributed by atoms with Gasteiger partial charge in [0.25, 0.3) is 5.91 Å². The first kappa shape index (κ1) is 25.6. The molecule has 0 radical (unpaired) electrons. The second-order valence-electron chi connectivity index (χ2n) is 9.80. The molecule has 1 fully saturated rings.